The summed E-state index contributed by atoms with van der Waals surface area (Å²) in [7, 11) is 0. The zero-order chi connectivity index (χ0) is 28.6. The molecule has 11 nitrogen and oxygen atoms in total. The van der Waals surface area contributed by atoms with Crippen molar-refractivity contribution in [2.75, 3.05) is 36.4 Å². The molecule has 3 aromatic rings. The van der Waals surface area contributed by atoms with Gasteiger partial charge in [-0.2, -0.15) is 4.98 Å². The summed E-state index contributed by atoms with van der Waals surface area (Å²) in [5.41, 5.74) is 1.53. The average molecular weight is 584 g/mol. The highest BCUT2D eigenvalue weighted by atomic mass is 35.5. The Hall–Kier alpha value is -3.73. The molecule has 2 aliphatic rings. The third kappa shape index (κ3) is 6.45. The SMILES string of the molecule is CC(=O)c1c(C)c2cnc(Nc3ccc(N4CCN(C(=O)OC(C)(C)C)CC4)cn3)nc2n(C2CCCC2)c1=O.Cl. The van der Waals surface area contributed by atoms with Crippen molar-refractivity contribution in [3.8, 4) is 0 Å². The Morgan fingerprint density at radius 2 is 1.71 bits per heavy atom. The standard InChI is InChI=1S/C29H37N7O4.ClH/c1-18-22-17-31-27(33-25(22)36(20-8-6-7-9-20)26(38)24(18)19(2)37)32-23-11-10-21(16-30-23)34-12-14-35(15-13-34)28(39)40-29(3,4)5;/h10-11,16-17,20H,6-9,12-15H2,1-5H3,(H,30,31,32,33);1H. The van der Waals surface area contributed by atoms with E-state index in [1.54, 1.807) is 28.8 Å². The first kappa shape index (κ1) is 30.2. The zero-order valence-corrected chi connectivity index (χ0v) is 25.1. The van der Waals surface area contributed by atoms with Gasteiger partial charge in [0.2, 0.25) is 5.95 Å². The first-order chi connectivity index (χ1) is 19.0. The van der Waals surface area contributed by atoms with Crippen molar-refractivity contribution in [1.82, 2.24) is 24.4 Å². The molecular weight excluding hydrogens is 546 g/mol. The lowest BCUT2D eigenvalue weighted by molar-refractivity contribution is 0.0240. The number of rotatable bonds is 5. The van der Waals surface area contributed by atoms with Crippen molar-refractivity contribution in [3.63, 3.8) is 0 Å². The first-order valence-corrected chi connectivity index (χ1v) is 13.9. The van der Waals surface area contributed by atoms with Crippen LogP contribution in [0.15, 0.2) is 29.3 Å². The summed E-state index contributed by atoms with van der Waals surface area (Å²) in [6.07, 6.45) is 7.04. The van der Waals surface area contributed by atoms with Crippen LogP contribution in [0.25, 0.3) is 11.0 Å². The van der Waals surface area contributed by atoms with Gasteiger partial charge in [-0.3, -0.25) is 14.2 Å². The number of fused-ring (bicyclic) bond motifs is 1. The van der Waals surface area contributed by atoms with Crippen molar-refractivity contribution in [3.05, 3.63) is 46.0 Å². The second-order valence-corrected chi connectivity index (χ2v) is 11.6. The number of hydrogen-bond donors (Lipinski definition) is 1. The maximum atomic E-state index is 13.4. The van der Waals surface area contributed by atoms with E-state index in [1.807, 2.05) is 32.9 Å². The van der Waals surface area contributed by atoms with E-state index in [0.717, 1.165) is 31.4 Å². The minimum absolute atomic E-state index is 0. The molecule has 1 N–H and O–H groups in total. The molecule has 220 valence electrons. The van der Waals surface area contributed by atoms with Crippen molar-refractivity contribution >= 4 is 52.8 Å². The minimum atomic E-state index is -0.514. The van der Waals surface area contributed by atoms with Crippen LogP contribution in [-0.2, 0) is 4.74 Å². The Bertz CT molecular complexity index is 1490. The summed E-state index contributed by atoms with van der Waals surface area (Å²) in [5, 5.41) is 3.87. The molecule has 1 amide bonds. The lowest BCUT2D eigenvalue weighted by atomic mass is 10.0. The van der Waals surface area contributed by atoms with Crippen LogP contribution in [-0.4, -0.2) is 68.1 Å². The number of hydrogen-bond acceptors (Lipinski definition) is 9. The molecule has 4 heterocycles. The van der Waals surface area contributed by atoms with Crippen LogP contribution in [0.5, 0.6) is 0 Å². The summed E-state index contributed by atoms with van der Waals surface area (Å²) >= 11 is 0. The van der Waals surface area contributed by atoms with E-state index in [2.05, 4.69) is 20.2 Å². The summed E-state index contributed by atoms with van der Waals surface area (Å²) in [6, 6.07) is 3.85. The molecule has 0 bridgehead atoms. The number of aryl methyl sites for hydroxylation is 1. The van der Waals surface area contributed by atoms with E-state index in [0.29, 0.717) is 54.5 Å². The van der Waals surface area contributed by atoms with Gasteiger partial charge >= 0.3 is 6.09 Å². The molecule has 3 aromatic heterocycles. The Morgan fingerprint density at radius 3 is 2.29 bits per heavy atom. The number of pyridine rings is 2. The Balaban J connectivity index is 0.00000387. The van der Waals surface area contributed by atoms with Crippen LogP contribution in [0.1, 0.15) is 75.3 Å². The fraction of sp³-hybridized carbons (Fsp3) is 0.517. The molecule has 0 atom stereocenters. The van der Waals surface area contributed by atoms with Crippen molar-refractivity contribution in [2.24, 2.45) is 0 Å². The number of carbonyl (C=O) groups is 2. The zero-order valence-electron chi connectivity index (χ0n) is 24.3. The lowest BCUT2D eigenvalue weighted by Gasteiger charge is -2.36. The number of anilines is 3. The molecule has 1 saturated carbocycles. The molecule has 41 heavy (non-hydrogen) atoms. The van der Waals surface area contributed by atoms with Crippen molar-refractivity contribution in [2.45, 2.75) is 71.9 Å². The van der Waals surface area contributed by atoms with Gasteiger partial charge in [0.15, 0.2) is 5.78 Å². The van der Waals surface area contributed by atoms with Crippen LogP contribution in [0.4, 0.5) is 22.2 Å². The van der Waals surface area contributed by atoms with E-state index < -0.39 is 5.60 Å². The van der Waals surface area contributed by atoms with Gasteiger partial charge < -0.3 is 19.9 Å². The highest BCUT2D eigenvalue weighted by Gasteiger charge is 2.27. The molecule has 1 aliphatic carbocycles. The van der Waals surface area contributed by atoms with E-state index in [4.69, 9.17) is 9.72 Å². The van der Waals surface area contributed by atoms with E-state index in [1.165, 1.54) is 6.92 Å². The number of Topliss-reactive ketones (excluding diaryl/α,β-unsaturated/α-hetero) is 1. The molecule has 5 rings (SSSR count). The second kappa shape index (κ2) is 12.0. The number of amides is 1. The van der Waals surface area contributed by atoms with E-state index in [9.17, 15) is 14.4 Å². The van der Waals surface area contributed by atoms with Crippen molar-refractivity contribution < 1.29 is 14.3 Å². The Kier molecular flexibility index (Phi) is 8.86. The van der Waals surface area contributed by atoms with Crippen LogP contribution in [0.2, 0.25) is 0 Å². The molecule has 1 saturated heterocycles. The number of aromatic nitrogens is 4. The molecule has 12 heteroatoms. The Morgan fingerprint density at radius 1 is 1.02 bits per heavy atom. The maximum Gasteiger partial charge on any atom is 0.410 e. The highest BCUT2D eigenvalue weighted by Crippen LogP contribution is 2.32. The third-order valence-corrected chi connectivity index (χ3v) is 7.53. The lowest BCUT2D eigenvalue weighted by Crippen LogP contribution is -2.50. The summed E-state index contributed by atoms with van der Waals surface area (Å²) in [4.78, 5) is 55.8. The molecule has 0 radical (unpaired) electrons. The van der Waals surface area contributed by atoms with Gasteiger partial charge in [0.05, 0.1) is 17.4 Å². The number of carbonyl (C=O) groups excluding carboxylic acids is 2. The normalized spacial score (nSPS) is 16.0. The van der Waals surface area contributed by atoms with Crippen LogP contribution < -0.4 is 15.8 Å². The van der Waals surface area contributed by atoms with Crippen LogP contribution in [0.3, 0.4) is 0 Å². The third-order valence-electron chi connectivity index (χ3n) is 7.53. The van der Waals surface area contributed by atoms with Crippen molar-refractivity contribution in [1.29, 1.82) is 0 Å². The van der Waals surface area contributed by atoms with Crippen LogP contribution >= 0.6 is 12.4 Å². The van der Waals surface area contributed by atoms with E-state index in [-0.39, 0.29) is 41.4 Å². The molecule has 1 aliphatic heterocycles. The highest BCUT2D eigenvalue weighted by molar-refractivity contribution is 5.99. The predicted molar refractivity (Wildman–Crippen MR) is 161 cm³/mol. The van der Waals surface area contributed by atoms with Gasteiger partial charge in [0.1, 0.15) is 17.1 Å². The summed E-state index contributed by atoms with van der Waals surface area (Å²) in [6.45, 7) is 11.3. The van der Waals surface area contributed by atoms with Gasteiger partial charge in [-0.25, -0.2) is 14.8 Å². The molecule has 2 fully saturated rings. The average Bonchev–Trinajstić information content (AvgIpc) is 3.42. The van der Waals surface area contributed by atoms with Gasteiger partial charge in [-0.15, -0.1) is 12.4 Å². The minimum Gasteiger partial charge on any atom is -0.444 e. The number of halogens is 1. The number of piperazine rings is 1. The number of ketones is 1. The number of ether oxygens (including phenoxy) is 1. The second-order valence-electron chi connectivity index (χ2n) is 11.6. The summed E-state index contributed by atoms with van der Waals surface area (Å²) < 4.78 is 7.19. The monoisotopic (exact) mass is 583 g/mol. The molecule has 0 aromatic carbocycles. The van der Waals surface area contributed by atoms with Crippen LogP contribution in [0, 0.1) is 6.92 Å². The fourth-order valence-electron chi connectivity index (χ4n) is 5.54. The van der Waals surface area contributed by atoms with Gasteiger partial charge in [0, 0.05) is 43.8 Å². The molecule has 0 unspecified atom stereocenters. The van der Waals surface area contributed by atoms with E-state index >= 15 is 0 Å². The van der Waals surface area contributed by atoms with Gasteiger partial charge in [-0.05, 0) is 65.2 Å². The fourth-order valence-corrected chi connectivity index (χ4v) is 5.54. The number of nitrogens with zero attached hydrogens (tertiary/aromatic N) is 6. The first-order valence-electron chi connectivity index (χ1n) is 13.9. The summed E-state index contributed by atoms with van der Waals surface area (Å²) in [5.74, 6) is 0.663. The molecule has 0 spiro atoms. The predicted octanol–water partition coefficient (Wildman–Crippen LogP) is 5.04. The molecular formula is C29H38ClN7O4. The Labute approximate surface area is 245 Å². The van der Waals surface area contributed by atoms with Gasteiger partial charge in [0.25, 0.3) is 5.56 Å². The van der Waals surface area contributed by atoms with Gasteiger partial charge in [-0.1, -0.05) is 12.8 Å². The smallest absolute Gasteiger partial charge is 0.410 e. The largest absolute Gasteiger partial charge is 0.444 e. The number of nitrogens with one attached hydrogen (secondary N) is 1. The quantitative estimate of drug-likeness (QED) is 0.412. The maximum absolute atomic E-state index is 13.4. The topological polar surface area (TPSA) is 123 Å².